The van der Waals surface area contributed by atoms with Gasteiger partial charge in [0.25, 0.3) is 5.56 Å². The fraction of sp³-hybridized carbons (Fsp3) is 0.350. The summed E-state index contributed by atoms with van der Waals surface area (Å²) < 4.78 is 6.56. The predicted octanol–water partition coefficient (Wildman–Crippen LogP) is 2.86. The molecule has 1 fully saturated rings. The van der Waals surface area contributed by atoms with Gasteiger partial charge in [-0.1, -0.05) is 6.92 Å². The summed E-state index contributed by atoms with van der Waals surface area (Å²) in [6.07, 6.45) is 3.82. The SMILES string of the molecule is CC1CCN(c2ccc(=O)n(CC(=O)Nc3ccc4ccoc4c3)n2)CC1. The largest absolute Gasteiger partial charge is 0.464 e. The minimum atomic E-state index is -0.306. The lowest BCUT2D eigenvalue weighted by Gasteiger charge is -2.31. The van der Waals surface area contributed by atoms with E-state index in [0.29, 0.717) is 17.2 Å². The normalized spacial score (nSPS) is 15.2. The van der Waals surface area contributed by atoms with Crippen LogP contribution in [0.25, 0.3) is 11.0 Å². The Balaban J connectivity index is 1.47. The summed E-state index contributed by atoms with van der Waals surface area (Å²) >= 11 is 0. The molecule has 1 aliphatic rings. The lowest BCUT2D eigenvalue weighted by atomic mass is 9.99. The highest BCUT2D eigenvalue weighted by molar-refractivity contribution is 5.93. The first-order valence-corrected chi connectivity index (χ1v) is 9.19. The quantitative estimate of drug-likeness (QED) is 0.768. The van der Waals surface area contributed by atoms with E-state index in [2.05, 4.69) is 22.2 Å². The Morgan fingerprint density at radius 3 is 2.85 bits per heavy atom. The Hall–Kier alpha value is -3.09. The van der Waals surface area contributed by atoms with E-state index < -0.39 is 0 Å². The molecule has 140 valence electrons. The smallest absolute Gasteiger partial charge is 0.267 e. The van der Waals surface area contributed by atoms with Crippen LogP contribution in [0.2, 0.25) is 0 Å². The number of rotatable bonds is 4. The van der Waals surface area contributed by atoms with E-state index in [1.807, 2.05) is 12.1 Å². The van der Waals surface area contributed by atoms with E-state index >= 15 is 0 Å². The summed E-state index contributed by atoms with van der Waals surface area (Å²) in [4.78, 5) is 26.7. The number of hydrogen-bond acceptors (Lipinski definition) is 5. The second kappa shape index (κ2) is 7.26. The summed E-state index contributed by atoms with van der Waals surface area (Å²) in [5.41, 5.74) is 1.03. The number of nitrogens with one attached hydrogen (secondary N) is 1. The molecule has 1 amide bonds. The van der Waals surface area contributed by atoms with Crippen molar-refractivity contribution in [3.05, 3.63) is 53.0 Å². The maximum atomic E-state index is 12.4. The molecule has 0 bridgehead atoms. The summed E-state index contributed by atoms with van der Waals surface area (Å²) in [5, 5.41) is 8.15. The van der Waals surface area contributed by atoms with E-state index in [1.54, 1.807) is 24.5 Å². The Bertz CT molecular complexity index is 1020. The third kappa shape index (κ3) is 3.86. The molecule has 0 saturated carbocycles. The Labute approximate surface area is 156 Å². The second-order valence-corrected chi connectivity index (χ2v) is 7.08. The number of aromatic nitrogens is 2. The first kappa shape index (κ1) is 17.3. The van der Waals surface area contributed by atoms with E-state index in [9.17, 15) is 9.59 Å². The molecule has 1 saturated heterocycles. The van der Waals surface area contributed by atoms with Gasteiger partial charge >= 0.3 is 0 Å². The molecule has 0 spiro atoms. The first-order chi connectivity index (χ1) is 13.1. The van der Waals surface area contributed by atoms with Crippen LogP contribution in [0.5, 0.6) is 0 Å². The molecule has 1 aromatic carbocycles. The zero-order chi connectivity index (χ0) is 18.8. The van der Waals surface area contributed by atoms with Crippen molar-refractivity contribution in [1.29, 1.82) is 0 Å². The van der Waals surface area contributed by atoms with Crippen molar-refractivity contribution in [2.45, 2.75) is 26.3 Å². The van der Waals surface area contributed by atoms with Gasteiger partial charge in [-0.25, -0.2) is 4.68 Å². The predicted molar refractivity (Wildman–Crippen MR) is 104 cm³/mol. The van der Waals surface area contributed by atoms with Crippen LogP contribution in [0.15, 0.2) is 51.9 Å². The van der Waals surface area contributed by atoms with Gasteiger partial charge in [0.15, 0.2) is 0 Å². The van der Waals surface area contributed by atoms with Crippen molar-refractivity contribution < 1.29 is 9.21 Å². The number of furan rings is 1. The first-order valence-electron chi connectivity index (χ1n) is 9.19. The van der Waals surface area contributed by atoms with E-state index in [-0.39, 0.29) is 18.0 Å². The van der Waals surface area contributed by atoms with Crippen LogP contribution in [0.3, 0.4) is 0 Å². The highest BCUT2D eigenvalue weighted by Gasteiger charge is 2.18. The van der Waals surface area contributed by atoms with Crippen LogP contribution >= 0.6 is 0 Å². The van der Waals surface area contributed by atoms with Gasteiger partial charge in [0.2, 0.25) is 5.91 Å². The number of nitrogens with zero attached hydrogens (tertiary/aromatic N) is 3. The van der Waals surface area contributed by atoms with Crippen molar-refractivity contribution in [3.8, 4) is 0 Å². The Morgan fingerprint density at radius 1 is 1.22 bits per heavy atom. The highest BCUT2D eigenvalue weighted by atomic mass is 16.3. The van der Waals surface area contributed by atoms with Gasteiger partial charge in [0.05, 0.1) is 6.26 Å². The van der Waals surface area contributed by atoms with Gasteiger partial charge in [-0.3, -0.25) is 9.59 Å². The zero-order valence-electron chi connectivity index (χ0n) is 15.2. The Kier molecular flexibility index (Phi) is 4.66. The lowest BCUT2D eigenvalue weighted by Crippen LogP contribution is -2.36. The topological polar surface area (TPSA) is 80.4 Å². The van der Waals surface area contributed by atoms with E-state index in [1.165, 1.54) is 10.7 Å². The lowest BCUT2D eigenvalue weighted by molar-refractivity contribution is -0.117. The highest BCUT2D eigenvalue weighted by Crippen LogP contribution is 2.21. The number of fused-ring (bicyclic) bond motifs is 1. The minimum Gasteiger partial charge on any atom is -0.464 e. The molecule has 27 heavy (non-hydrogen) atoms. The maximum Gasteiger partial charge on any atom is 0.267 e. The number of amides is 1. The van der Waals surface area contributed by atoms with Crippen molar-refractivity contribution in [3.63, 3.8) is 0 Å². The number of piperidine rings is 1. The van der Waals surface area contributed by atoms with E-state index in [0.717, 1.165) is 37.1 Å². The summed E-state index contributed by atoms with van der Waals surface area (Å²) in [6, 6.07) is 10.5. The zero-order valence-corrected chi connectivity index (χ0v) is 15.2. The number of hydrogen-bond donors (Lipinski definition) is 1. The molecule has 3 heterocycles. The molecule has 3 aromatic rings. The summed E-state index contributed by atoms with van der Waals surface area (Å²) in [6.45, 7) is 3.95. The molecule has 0 radical (unpaired) electrons. The average Bonchev–Trinajstić information content (AvgIpc) is 3.12. The van der Waals surface area contributed by atoms with Gasteiger partial charge in [0.1, 0.15) is 17.9 Å². The molecule has 0 aliphatic carbocycles. The standard InChI is InChI=1S/C20H22N4O3/c1-14-6-9-23(10-7-14)18-4-5-20(26)24(22-18)13-19(25)21-16-3-2-15-8-11-27-17(15)12-16/h2-5,8,11-12,14H,6-7,9-10,13H2,1H3,(H,21,25). The third-order valence-corrected chi connectivity index (χ3v) is 4.99. The molecule has 4 rings (SSSR count). The van der Waals surface area contributed by atoms with Gasteiger partial charge in [-0.2, -0.15) is 5.10 Å². The van der Waals surface area contributed by atoms with Crippen LogP contribution < -0.4 is 15.8 Å². The van der Waals surface area contributed by atoms with Crippen LogP contribution in [-0.2, 0) is 11.3 Å². The van der Waals surface area contributed by atoms with Crippen LogP contribution in [-0.4, -0.2) is 28.8 Å². The average molecular weight is 366 g/mol. The van der Waals surface area contributed by atoms with Gasteiger partial charge in [-0.15, -0.1) is 0 Å². The number of carbonyl (C=O) groups excluding carboxylic acids is 1. The third-order valence-electron chi connectivity index (χ3n) is 4.99. The maximum absolute atomic E-state index is 12.4. The van der Waals surface area contributed by atoms with Gasteiger partial charge in [-0.05, 0) is 43.0 Å². The fourth-order valence-electron chi connectivity index (χ4n) is 3.33. The molecule has 0 atom stereocenters. The van der Waals surface area contributed by atoms with Crippen molar-refractivity contribution in [2.24, 2.45) is 5.92 Å². The van der Waals surface area contributed by atoms with Crippen molar-refractivity contribution in [2.75, 3.05) is 23.3 Å². The van der Waals surface area contributed by atoms with E-state index in [4.69, 9.17) is 4.42 Å². The monoisotopic (exact) mass is 366 g/mol. The molecule has 7 heteroatoms. The van der Waals surface area contributed by atoms with Crippen LogP contribution in [0.1, 0.15) is 19.8 Å². The number of benzene rings is 1. The van der Waals surface area contributed by atoms with Crippen LogP contribution in [0.4, 0.5) is 11.5 Å². The van der Waals surface area contributed by atoms with Gasteiger partial charge in [0, 0.05) is 36.3 Å². The van der Waals surface area contributed by atoms with Crippen LogP contribution in [0, 0.1) is 5.92 Å². The molecule has 2 aromatic heterocycles. The molecule has 1 N–H and O–H groups in total. The molecular weight excluding hydrogens is 344 g/mol. The molecule has 0 unspecified atom stereocenters. The van der Waals surface area contributed by atoms with Crippen molar-refractivity contribution in [1.82, 2.24) is 9.78 Å². The second-order valence-electron chi connectivity index (χ2n) is 7.08. The summed E-state index contributed by atoms with van der Waals surface area (Å²) in [7, 11) is 0. The Morgan fingerprint density at radius 2 is 2.04 bits per heavy atom. The van der Waals surface area contributed by atoms with Crippen molar-refractivity contribution >= 4 is 28.4 Å². The number of anilines is 2. The summed E-state index contributed by atoms with van der Waals surface area (Å²) in [5.74, 6) is 1.15. The minimum absolute atomic E-state index is 0.132. The molecular formula is C20H22N4O3. The van der Waals surface area contributed by atoms with Gasteiger partial charge < -0.3 is 14.6 Å². The number of carbonyl (C=O) groups is 1. The molecule has 7 nitrogen and oxygen atoms in total. The fourth-order valence-corrected chi connectivity index (χ4v) is 3.33. The molecule has 1 aliphatic heterocycles.